The van der Waals surface area contributed by atoms with Gasteiger partial charge in [-0.1, -0.05) is 19.0 Å². The van der Waals surface area contributed by atoms with E-state index in [4.69, 9.17) is 4.42 Å². The maximum Gasteiger partial charge on any atom is 0.408 e. The van der Waals surface area contributed by atoms with Crippen molar-refractivity contribution in [3.05, 3.63) is 53.4 Å². The number of halogens is 6. The summed E-state index contributed by atoms with van der Waals surface area (Å²) < 4.78 is 92.6. The Kier molecular flexibility index (Phi) is 8.07. The Morgan fingerprint density at radius 1 is 1.20 bits per heavy atom. The molecule has 13 nitrogen and oxygen atoms in total. The van der Waals surface area contributed by atoms with Gasteiger partial charge in [0.25, 0.3) is 5.91 Å². The van der Waals surface area contributed by atoms with Gasteiger partial charge in [-0.25, -0.2) is 14.1 Å². The fourth-order valence-corrected chi connectivity index (χ4v) is 5.17. The van der Waals surface area contributed by atoms with Gasteiger partial charge in [-0.2, -0.15) is 31.4 Å². The molecule has 4 aromatic rings. The molecule has 3 atom stereocenters. The summed E-state index contributed by atoms with van der Waals surface area (Å²) in [6.45, 7) is 3.56. The number of carbonyl (C=O) groups is 2. The van der Waals surface area contributed by atoms with Crippen LogP contribution in [0.3, 0.4) is 0 Å². The van der Waals surface area contributed by atoms with E-state index >= 15 is 0 Å². The first-order chi connectivity index (χ1) is 21.0. The van der Waals surface area contributed by atoms with Crippen molar-refractivity contribution in [2.45, 2.75) is 77.3 Å². The zero-order valence-corrected chi connectivity index (χ0v) is 24.0. The van der Waals surface area contributed by atoms with Crippen LogP contribution in [-0.2, 0) is 17.6 Å². The molecule has 1 saturated heterocycles. The predicted molar refractivity (Wildman–Crippen MR) is 138 cm³/mol. The maximum absolute atomic E-state index is 13.6. The van der Waals surface area contributed by atoms with Crippen LogP contribution in [0.25, 0.3) is 5.65 Å². The molecule has 0 spiro atoms. The number of carbonyl (C=O) groups excluding carboxylic acids is 2. The largest absolute Gasteiger partial charge is 0.428 e. The summed E-state index contributed by atoms with van der Waals surface area (Å²) in [5, 5.41) is 23.3. The quantitative estimate of drug-likeness (QED) is 0.242. The van der Waals surface area contributed by atoms with Crippen molar-refractivity contribution in [1.29, 1.82) is 0 Å². The topological polar surface area (TPSA) is 166 Å². The van der Waals surface area contributed by atoms with Crippen LogP contribution in [0.2, 0.25) is 0 Å². The molecule has 4 aromatic heterocycles. The van der Waals surface area contributed by atoms with Gasteiger partial charge in [0.05, 0.1) is 35.0 Å². The number of alkyl halides is 6. The smallest absolute Gasteiger partial charge is 0.408 e. The van der Waals surface area contributed by atoms with Crippen molar-refractivity contribution in [3.8, 4) is 0 Å². The van der Waals surface area contributed by atoms with E-state index < -0.39 is 53.5 Å². The zero-order valence-electron chi connectivity index (χ0n) is 24.0. The van der Waals surface area contributed by atoms with Crippen molar-refractivity contribution >= 4 is 17.5 Å². The number of rotatable bonds is 10. The number of fused-ring (bicyclic) bond motifs is 1. The summed E-state index contributed by atoms with van der Waals surface area (Å²) in [6.07, 6.45) is -7.06. The molecule has 0 saturated carbocycles. The lowest BCUT2D eigenvalue weighted by Crippen LogP contribution is -2.39. The van der Waals surface area contributed by atoms with Crippen LogP contribution >= 0.6 is 0 Å². The Morgan fingerprint density at radius 2 is 1.96 bits per heavy atom. The Balaban J connectivity index is 1.45. The summed E-state index contributed by atoms with van der Waals surface area (Å²) in [4.78, 5) is 30.4. The summed E-state index contributed by atoms with van der Waals surface area (Å²) in [5.41, 5.74) is -2.99. The van der Waals surface area contributed by atoms with E-state index in [-0.39, 0.29) is 54.3 Å². The number of imidazole rings is 1. The molecule has 2 N–H and O–H groups in total. The van der Waals surface area contributed by atoms with Crippen LogP contribution in [0.1, 0.15) is 72.5 Å². The molecule has 2 amide bonds. The van der Waals surface area contributed by atoms with Crippen LogP contribution < -0.4 is 10.6 Å². The van der Waals surface area contributed by atoms with Crippen molar-refractivity contribution in [1.82, 2.24) is 45.7 Å². The second-order valence-corrected chi connectivity index (χ2v) is 11.7. The summed E-state index contributed by atoms with van der Waals surface area (Å²) >= 11 is 0. The third kappa shape index (κ3) is 6.60. The van der Waals surface area contributed by atoms with E-state index in [2.05, 4.69) is 40.5 Å². The molecule has 0 aromatic carbocycles. The Labute approximate surface area is 250 Å². The van der Waals surface area contributed by atoms with E-state index in [1.807, 2.05) is 5.32 Å². The molecule has 5 rings (SSSR count). The van der Waals surface area contributed by atoms with Crippen LogP contribution in [0, 0.1) is 17.8 Å². The van der Waals surface area contributed by atoms with E-state index in [9.17, 15) is 35.9 Å². The molecular weight excluding hydrogens is 616 g/mol. The molecule has 242 valence electrons. The van der Waals surface area contributed by atoms with Gasteiger partial charge in [-0.3, -0.25) is 9.59 Å². The molecule has 1 aliphatic heterocycles. The average Bonchev–Trinajstić information content (AvgIpc) is 3.74. The van der Waals surface area contributed by atoms with Gasteiger partial charge < -0.3 is 15.1 Å². The van der Waals surface area contributed by atoms with Crippen LogP contribution in [0.15, 0.2) is 33.9 Å². The van der Waals surface area contributed by atoms with Crippen LogP contribution in [0.5, 0.6) is 0 Å². The lowest BCUT2D eigenvalue weighted by atomic mass is 9.76. The molecule has 19 heteroatoms. The second-order valence-electron chi connectivity index (χ2n) is 11.7. The number of aromatic nitrogens is 7. The first-order valence-electron chi connectivity index (χ1n) is 13.6. The maximum atomic E-state index is 13.6. The monoisotopic (exact) mass is 643 g/mol. The first kappa shape index (κ1) is 31.8. The minimum absolute atomic E-state index is 0.0250. The lowest BCUT2D eigenvalue weighted by molar-refractivity contribution is -0.214. The first-order valence-corrected chi connectivity index (χ1v) is 13.6. The number of nitrogens with one attached hydrogen (secondary N) is 2. The molecule has 0 unspecified atom stereocenters. The number of hydrogen-bond donors (Lipinski definition) is 2. The summed E-state index contributed by atoms with van der Waals surface area (Å²) in [5.74, 6) is -1.62. The lowest BCUT2D eigenvalue weighted by Gasteiger charge is -2.29. The van der Waals surface area contributed by atoms with Gasteiger partial charge in [-0.15, -0.1) is 10.2 Å². The highest BCUT2D eigenvalue weighted by Gasteiger charge is 2.56. The standard InChI is InChI=1S/C26H27F6N9O4/c1-13-20(40-45-39-13)21(42)36-15(4-5-23(2,3)26(30,31)32)16-11-41-18(35-16)6-14(10-34-41)7-24(9-19-38-33-12-44-19)8-17(25(27,28)29)37-22(24)43/h6,10-12,15,17H,4-5,7-9H2,1-3H3,(H,36,42)(H,37,43)/t15-,17-,24-/m0/s1. The molecule has 0 bridgehead atoms. The molecule has 0 aliphatic carbocycles. The van der Waals surface area contributed by atoms with Crippen molar-refractivity contribution in [3.63, 3.8) is 0 Å². The van der Waals surface area contributed by atoms with Gasteiger partial charge in [0.15, 0.2) is 11.3 Å². The third-order valence-electron chi connectivity index (χ3n) is 7.97. The number of hydrogen-bond acceptors (Lipinski definition) is 10. The highest BCUT2D eigenvalue weighted by molar-refractivity contribution is 5.93. The SMILES string of the molecule is Cc1nonc1C(=O)N[C@@H](CCC(C)(C)C(F)(F)F)c1cn2ncc(C[C@@]3(Cc4nnco4)C[C@@H](C(F)(F)F)NC3=O)cc2n1. The Bertz CT molecular complexity index is 1680. The third-order valence-corrected chi connectivity index (χ3v) is 7.97. The highest BCUT2D eigenvalue weighted by atomic mass is 19.4. The molecule has 5 heterocycles. The van der Waals surface area contributed by atoms with Gasteiger partial charge >= 0.3 is 12.4 Å². The Hall–Kier alpha value is -4.58. The minimum atomic E-state index is -4.69. The van der Waals surface area contributed by atoms with Crippen molar-refractivity contribution in [2.75, 3.05) is 0 Å². The van der Waals surface area contributed by atoms with E-state index in [1.54, 1.807) is 0 Å². The van der Waals surface area contributed by atoms with E-state index in [0.29, 0.717) is 5.56 Å². The number of aryl methyl sites for hydroxylation is 1. The zero-order chi connectivity index (χ0) is 32.8. The molecule has 1 fully saturated rings. The molecule has 1 aliphatic rings. The average molecular weight is 644 g/mol. The molecular formula is C26H27F6N9O4. The Morgan fingerprint density at radius 3 is 2.56 bits per heavy atom. The minimum Gasteiger partial charge on any atom is -0.428 e. The molecule has 0 radical (unpaired) electrons. The van der Waals surface area contributed by atoms with E-state index in [1.165, 1.54) is 29.9 Å². The molecule has 45 heavy (non-hydrogen) atoms. The summed E-state index contributed by atoms with van der Waals surface area (Å²) in [7, 11) is 0. The number of nitrogens with zero attached hydrogens (tertiary/aromatic N) is 7. The second kappa shape index (κ2) is 11.4. The normalized spacial score (nSPS) is 20.0. The van der Waals surface area contributed by atoms with Crippen LogP contribution in [-0.4, -0.2) is 65.3 Å². The number of amides is 2. The van der Waals surface area contributed by atoms with E-state index in [0.717, 1.165) is 20.2 Å². The van der Waals surface area contributed by atoms with Crippen molar-refractivity contribution in [2.24, 2.45) is 10.8 Å². The van der Waals surface area contributed by atoms with Gasteiger partial charge in [-0.05, 0) is 49.4 Å². The van der Waals surface area contributed by atoms with Gasteiger partial charge in [0, 0.05) is 6.42 Å². The van der Waals surface area contributed by atoms with Gasteiger partial charge in [0.1, 0.15) is 11.7 Å². The fourth-order valence-electron chi connectivity index (χ4n) is 5.17. The van der Waals surface area contributed by atoms with Crippen LogP contribution in [0.4, 0.5) is 26.3 Å². The van der Waals surface area contributed by atoms with Crippen molar-refractivity contribution < 1.29 is 45.0 Å². The fraction of sp³-hybridized carbons (Fsp3) is 0.538. The highest BCUT2D eigenvalue weighted by Crippen LogP contribution is 2.43. The predicted octanol–water partition coefficient (Wildman–Crippen LogP) is 3.87. The van der Waals surface area contributed by atoms with Gasteiger partial charge in [0.2, 0.25) is 18.2 Å². The summed E-state index contributed by atoms with van der Waals surface area (Å²) in [6, 6.07) is -1.63.